The number of anilines is 2. The van der Waals surface area contributed by atoms with Crippen molar-refractivity contribution in [1.82, 2.24) is 15.0 Å². The standard InChI is InChI=1S/C20H21N7O/c21-9-14-11-25-20(27-19(14)26-15-7-13(8-15)18(22)28)23-6-5-12-10-24-17-4-2-1-3-16(12)17/h1-4,10-11,13,15,24H,5-8H2,(H2,22,28)(H2,23,25,26,27)/t13-,15+. The van der Waals surface area contributed by atoms with Crippen molar-refractivity contribution in [3.8, 4) is 6.07 Å². The van der Waals surface area contributed by atoms with Crippen molar-refractivity contribution in [2.45, 2.75) is 25.3 Å². The number of hydrogen-bond donors (Lipinski definition) is 4. The maximum absolute atomic E-state index is 11.2. The summed E-state index contributed by atoms with van der Waals surface area (Å²) in [4.78, 5) is 23.1. The highest BCUT2D eigenvalue weighted by molar-refractivity contribution is 5.83. The SMILES string of the molecule is N#Cc1cnc(NCCc2c[nH]c3ccccc23)nc1N[C@H]1C[C@@H](C(N)=O)C1. The molecule has 2 heterocycles. The van der Waals surface area contributed by atoms with Crippen LogP contribution in [0.1, 0.15) is 24.0 Å². The van der Waals surface area contributed by atoms with Crippen LogP contribution in [0.2, 0.25) is 0 Å². The minimum atomic E-state index is -0.277. The number of nitrogens with zero attached hydrogens (tertiary/aromatic N) is 3. The Labute approximate surface area is 162 Å². The van der Waals surface area contributed by atoms with Crippen molar-refractivity contribution in [1.29, 1.82) is 5.26 Å². The smallest absolute Gasteiger partial charge is 0.224 e. The first-order chi connectivity index (χ1) is 13.6. The zero-order chi connectivity index (χ0) is 19.5. The summed E-state index contributed by atoms with van der Waals surface area (Å²) >= 11 is 0. The molecule has 2 aromatic heterocycles. The molecule has 5 N–H and O–H groups in total. The molecule has 8 nitrogen and oxygen atoms in total. The average molecular weight is 375 g/mol. The zero-order valence-electron chi connectivity index (χ0n) is 15.3. The third-order valence-corrected chi connectivity index (χ3v) is 5.14. The lowest BCUT2D eigenvalue weighted by molar-refractivity contribution is -0.124. The number of amides is 1. The Kier molecular flexibility index (Phi) is 4.81. The molecule has 0 radical (unpaired) electrons. The van der Waals surface area contributed by atoms with Crippen LogP contribution in [0.25, 0.3) is 10.9 Å². The lowest BCUT2D eigenvalue weighted by Crippen LogP contribution is -2.42. The van der Waals surface area contributed by atoms with Gasteiger partial charge in [0, 0.05) is 35.6 Å². The van der Waals surface area contributed by atoms with Crippen molar-refractivity contribution < 1.29 is 4.79 Å². The first kappa shape index (κ1) is 17.8. The number of H-pyrrole nitrogens is 1. The van der Waals surface area contributed by atoms with E-state index in [1.54, 1.807) is 0 Å². The van der Waals surface area contributed by atoms with Crippen molar-refractivity contribution in [2.75, 3.05) is 17.2 Å². The third kappa shape index (κ3) is 3.60. The Hall–Kier alpha value is -3.60. The first-order valence-corrected chi connectivity index (χ1v) is 9.26. The van der Waals surface area contributed by atoms with Gasteiger partial charge in [-0.2, -0.15) is 10.2 Å². The molecule has 1 aromatic carbocycles. The fraction of sp³-hybridized carbons (Fsp3) is 0.300. The molecular weight excluding hydrogens is 354 g/mol. The van der Waals surface area contributed by atoms with Crippen molar-refractivity contribution >= 4 is 28.6 Å². The Morgan fingerprint density at radius 3 is 2.96 bits per heavy atom. The number of primary amides is 1. The van der Waals surface area contributed by atoms with Crippen LogP contribution in [0.4, 0.5) is 11.8 Å². The Morgan fingerprint density at radius 1 is 1.36 bits per heavy atom. The minimum absolute atomic E-state index is 0.0959. The first-order valence-electron chi connectivity index (χ1n) is 9.26. The van der Waals surface area contributed by atoms with Gasteiger partial charge in [0.1, 0.15) is 17.5 Å². The summed E-state index contributed by atoms with van der Waals surface area (Å²) in [7, 11) is 0. The Morgan fingerprint density at radius 2 is 2.18 bits per heavy atom. The molecule has 0 bridgehead atoms. The van der Waals surface area contributed by atoms with Crippen molar-refractivity contribution in [3.05, 3.63) is 47.8 Å². The van der Waals surface area contributed by atoms with Gasteiger partial charge in [-0.1, -0.05) is 18.2 Å². The van der Waals surface area contributed by atoms with Gasteiger partial charge >= 0.3 is 0 Å². The second-order valence-corrected chi connectivity index (χ2v) is 7.02. The molecule has 1 aliphatic rings. The van der Waals surface area contributed by atoms with E-state index in [-0.39, 0.29) is 17.9 Å². The predicted octanol–water partition coefficient (Wildman–Crippen LogP) is 2.16. The largest absolute Gasteiger partial charge is 0.369 e. The van der Waals surface area contributed by atoms with Crippen LogP contribution in [-0.2, 0) is 11.2 Å². The number of aromatic nitrogens is 3. The summed E-state index contributed by atoms with van der Waals surface area (Å²) in [5.41, 5.74) is 8.03. The number of para-hydroxylation sites is 1. The maximum Gasteiger partial charge on any atom is 0.224 e. The fourth-order valence-electron chi connectivity index (χ4n) is 3.47. The quantitative estimate of drug-likeness (QED) is 0.500. The molecule has 0 unspecified atom stereocenters. The summed E-state index contributed by atoms with van der Waals surface area (Å²) in [5, 5.41) is 16.9. The molecule has 0 aliphatic heterocycles. The van der Waals surface area contributed by atoms with E-state index in [0.29, 0.717) is 36.7 Å². The number of fused-ring (bicyclic) bond motifs is 1. The third-order valence-electron chi connectivity index (χ3n) is 5.14. The number of nitrogens with two attached hydrogens (primary N) is 1. The normalized spacial score (nSPS) is 18.2. The molecule has 1 amide bonds. The fourth-order valence-corrected chi connectivity index (χ4v) is 3.47. The number of nitriles is 1. The summed E-state index contributed by atoms with van der Waals surface area (Å²) in [6.45, 7) is 0.667. The number of hydrogen-bond acceptors (Lipinski definition) is 6. The van der Waals surface area contributed by atoms with Crippen LogP contribution in [-0.4, -0.2) is 33.4 Å². The molecule has 1 fully saturated rings. The van der Waals surface area contributed by atoms with Crippen molar-refractivity contribution in [2.24, 2.45) is 11.7 Å². The van der Waals surface area contributed by atoms with Crippen LogP contribution >= 0.6 is 0 Å². The summed E-state index contributed by atoms with van der Waals surface area (Å²) < 4.78 is 0. The molecule has 0 atom stereocenters. The van der Waals surface area contributed by atoms with Gasteiger partial charge in [0.25, 0.3) is 0 Å². The number of carbonyl (C=O) groups is 1. The minimum Gasteiger partial charge on any atom is -0.369 e. The maximum atomic E-state index is 11.2. The summed E-state index contributed by atoms with van der Waals surface area (Å²) in [5.74, 6) is 0.576. The van der Waals surface area contributed by atoms with Gasteiger partial charge in [0.15, 0.2) is 0 Å². The van der Waals surface area contributed by atoms with Crippen molar-refractivity contribution in [3.63, 3.8) is 0 Å². The van der Waals surface area contributed by atoms with E-state index in [1.165, 1.54) is 17.1 Å². The molecule has 4 rings (SSSR count). The zero-order valence-corrected chi connectivity index (χ0v) is 15.3. The van der Waals surface area contributed by atoms with E-state index in [9.17, 15) is 10.1 Å². The van der Waals surface area contributed by atoms with Crippen LogP contribution in [0.3, 0.4) is 0 Å². The lowest BCUT2D eigenvalue weighted by Gasteiger charge is -2.34. The second-order valence-electron chi connectivity index (χ2n) is 7.02. The van der Waals surface area contributed by atoms with Gasteiger partial charge < -0.3 is 21.4 Å². The molecule has 142 valence electrons. The van der Waals surface area contributed by atoms with Crippen LogP contribution in [0, 0.1) is 17.2 Å². The van der Waals surface area contributed by atoms with Gasteiger partial charge in [-0.05, 0) is 30.9 Å². The van der Waals surface area contributed by atoms with Crippen LogP contribution in [0.15, 0.2) is 36.7 Å². The number of benzene rings is 1. The highest BCUT2D eigenvalue weighted by Gasteiger charge is 2.33. The number of rotatable bonds is 7. The second kappa shape index (κ2) is 7.56. The lowest BCUT2D eigenvalue weighted by atomic mass is 9.80. The number of aromatic amines is 1. The van der Waals surface area contributed by atoms with Gasteiger partial charge in [0.2, 0.25) is 11.9 Å². The van der Waals surface area contributed by atoms with Gasteiger partial charge in [-0.15, -0.1) is 0 Å². The highest BCUT2D eigenvalue weighted by atomic mass is 16.1. The molecule has 0 saturated heterocycles. The monoisotopic (exact) mass is 375 g/mol. The van der Waals surface area contributed by atoms with E-state index < -0.39 is 0 Å². The Balaban J connectivity index is 1.38. The molecule has 0 spiro atoms. The molecule has 3 aromatic rings. The van der Waals surface area contributed by atoms with E-state index >= 15 is 0 Å². The van der Waals surface area contributed by atoms with Gasteiger partial charge in [0.05, 0.1) is 6.20 Å². The Bertz CT molecular complexity index is 1050. The average Bonchev–Trinajstić information content (AvgIpc) is 3.07. The topological polar surface area (TPSA) is 133 Å². The van der Waals surface area contributed by atoms with E-state index in [2.05, 4.69) is 43.8 Å². The number of nitrogens with one attached hydrogen (secondary N) is 3. The summed E-state index contributed by atoms with van der Waals surface area (Å²) in [6, 6.07) is 10.4. The van der Waals surface area contributed by atoms with Gasteiger partial charge in [-0.3, -0.25) is 4.79 Å². The van der Waals surface area contributed by atoms with Gasteiger partial charge in [-0.25, -0.2) is 4.98 Å². The van der Waals surface area contributed by atoms with Crippen LogP contribution < -0.4 is 16.4 Å². The summed E-state index contributed by atoms with van der Waals surface area (Å²) in [6.07, 6.45) is 5.67. The van der Waals surface area contributed by atoms with E-state index in [4.69, 9.17) is 5.73 Å². The van der Waals surface area contributed by atoms with E-state index in [1.807, 2.05) is 18.3 Å². The molecule has 8 heteroatoms. The van der Waals surface area contributed by atoms with Crippen LogP contribution in [0.5, 0.6) is 0 Å². The molecule has 1 saturated carbocycles. The molecule has 28 heavy (non-hydrogen) atoms. The van der Waals surface area contributed by atoms with E-state index in [0.717, 1.165) is 11.9 Å². The molecular formula is C20H21N7O. The highest BCUT2D eigenvalue weighted by Crippen LogP contribution is 2.30. The number of carbonyl (C=O) groups excluding carboxylic acids is 1. The predicted molar refractivity (Wildman–Crippen MR) is 107 cm³/mol. The molecule has 1 aliphatic carbocycles.